The van der Waals surface area contributed by atoms with Gasteiger partial charge in [-0.3, -0.25) is 4.79 Å². The summed E-state index contributed by atoms with van der Waals surface area (Å²) in [5, 5.41) is 7.63. The van der Waals surface area contributed by atoms with E-state index in [1.165, 1.54) is 10.9 Å². The third-order valence-electron chi connectivity index (χ3n) is 3.44. The van der Waals surface area contributed by atoms with Crippen LogP contribution in [0.15, 0.2) is 16.9 Å². The van der Waals surface area contributed by atoms with Gasteiger partial charge in [-0.1, -0.05) is 0 Å². The minimum atomic E-state index is -0.0464. The Balaban J connectivity index is 2.25. The topological polar surface area (TPSA) is 51.3 Å². The summed E-state index contributed by atoms with van der Waals surface area (Å²) in [4.78, 5) is 12.0. The van der Waals surface area contributed by atoms with Gasteiger partial charge < -0.3 is 9.88 Å². The summed E-state index contributed by atoms with van der Waals surface area (Å²) in [5.41, 5.74) is 2.74. The Hall–Kier alpha value is -1.62. The second-order valence-electron chi connectivity index (χ2n) is 4.67. The molecule has 3 heterocycles. The number of rotatable bonds is 1. The van der Waals surface area contributed by atoms with Gasteiger partial charge in [0.2, 0.25) is 0 Å². The average molecular weight is 232 g/mol. The molecule has 1 N–H and O–H groups in total. The number of nitrogens with zero attached hydrogens (tertiary/aromatic N) is 3. The summed E-state index contributed by atoms with van der Waals surface area (Å²) in [7, 11) is 1.99. The molecule has 0 aliphatic carbocycles. The molecule has 17 heavy (non-hydrogen) atoms. The third-order valence-corrected chi connectivity index (χ3v) is 3.44. The fourth-order valence-corrected chi connectivity index (χ4v) is 2.57. The van der Waals surface area contributed by atoms with Crippen molar-refractivity contribution in [1.82, 2.24) is 19.5 Å². The van der Waals surface area contributed by atoms with E-state index in [1.807, 2.05) is 20.0 Å². The number of nitrogens with one attached hydrogen (secondary N) is 1. The van der Waals surface area contributed by atoms with E-state index >= 15 is 0 Å². The first-order valence-corrected chi connectivity index (χ1v) is 5.96. The molecule has 0 radical (unpaired) electrons. The second kappa shape index (κ2) is 3.70. The van der Waals surface area contributed by atoms with Crippen molar-refractivity contribution in [2.24, 2.45) is 7.05 Å². The molecule has 1 atom stereocenters. The summed E-state index contributed by atoms with van der Waals surface area (Å²) in [6, 6.07) is 3.94. The van der Waals surface area contributed by atoms with Crippen molar-refractivity contribution in [1.29, 1.82) is 0 Å². The Morgan fingerprint density at radius 2 is 2.29 bits per heavy atom. The van der Waals surface area contributed by atoms with E-state index < -0.39 is 0 Å². The molecule has 0 bridgehead atoms. The Morgan fingerprint density at radius 1 is 1.47 bits per heavy atom. The van der Waals surface area contributed by atoms with Crippen LogP contribution in [0.4, 0.5) is 0 Å². The molecular formula is C12H16N4O. The van der Waals surface area contributed by atoms with Crippen LogP contribution in [-0.2, 0) is 7.05 Å². The summed E-state index contributed by atoms with van der Waals surface area (Å²) in [6.45, 7) is 2.93. The standard InChI is InChI=1S/C12H16N4O/c1-8-6-11-15(2)10(9-4-3-5-13-9)7-12(17)16(11)14-8/h6-7,9,13H,3-5H2,1-2H3. The molecule has 2 aromatic rings. The number of aryl methyl sites for hydroxylation is 2. The van der Waals surface area contributed by atoms with E-state index in [0.29, 0.717) is 6.04 Å². The average Bonchev–Trinajstić information content (AvgIpc) is 2.91. The predicted molar refractivity (Wildman–Crippen MR) is 65.1 cm³/mol. The first kappa shape index (κ1) is 10.5. The lowest BCUT2D eigenvalue weighted by molar-refractivity contribution is 0.589. The van der Waals surface area contributed by atoms with Crippen LogP contribution in [0.3, 0.4) is 0 Å². The maximum atomic E-state index is 12.0. The van der Waals surface area contributed by atoms with E-state index in [1.54, 1.807) is 6.07 Å². The van der Waals surface area contributed by atoms with Gasteiger partial charge in [0.1, 0.15) is 5.65 Å². The van der Waals surface area contributed by atoms with Gasteiger partial charge >= 0.3 is 0 Å². The highest BCUT2D eigenvalue weighted by Crippen LogP contribution is 2.22. The molecule has 3 rings (SSSR count). The van der Waals surface area contributed by atoms with Crippen LogP contribution in [0.5, 0.6) is 0 Å². The lowest BCUT2D eigenvalue weighted by Gasteiger charge is -2.16. The molecule has 5 heteroatoms. The van der Waals surface area contributed by atoms with E-state index in [0.717, 1.165) is 30.0 Å². The van der Waals surface area contributed by atoms with Crippen LogP contribution in [0.2, 0.25) is 0 Å². The Bertz CT molecular complexity index is 619. The van der Waals surface area contributed by atoms with E-state index in [2.05, 4.69) is 15.0 Å². The SMILES string of the molecule is Cc1cc2n(C)c(C3CCCN3)cc(=O)n2n1. The molecule has 1 aliphatic heterocycles. The van der Waals surface area contributed by atoms with Gasteiger partial charge in [-0.15, -0.1) is 0 Å². The minimum Gasteiger partial charge on any atom is -0.331 e. The van der Waals surface area contributed by atoms with Crippen LogP contribution < -0.4 is 10.9 Å². The van der Waals surface area contributed by atoms with Crippen molar-refractivity contribution < 1.29 is 0 Å². The third kappa shape index (κ3) is 1.58. The van der Waals surface area contributed by atoms with Crippen molar-refractivity contribution in [2.75, 3.05) is 6.54 Å². The summed E-state index contributed by atoms with van der Waals surface area (Å²) >= 11 is 0. The van der Waals surface area contributed by atoms with Crippen LogP contribution >= 0.6 is 0 Å². The lowest BCUT2D eigenvalue weighted by Crippen LogP contribution is -2.24. The number of hydrogen-bond donors (Lipinski definition) is 1. The molecule has 2 aromatic heterocycles. The van der Waals surface area contributed by atoms with Crippen LogP contribution in [0.1, 0.15) is 30.3 Å². The van der Waals surface area contributed by atoms with Crippen molar-refractivity contribution in [3.8, 4) is 0 Å². The number of aromatic nitrogens is 3. The van der Waals surface area contributed by atoms with Gasteiger partial charge in [0.25, 0.3) is 5.56 Å². The highest BCUT2D eigenvalue weighted by Gasteiger charge is 2.20. The number of hydrogen-bond acceptors (Lipinski definition) is 3. The summed E-state index contributed by atoms with van der Waals surface area (Å²) in [6.07, 6.45) is 2.26. The highest BCUT2D eigenvalue weighted by molar-refractivity contribution is 5.42. The molecule has 0 saturated carbocycles. The van der Waals surface area contributed by atoms with Crippen LogP contribution in [-0.4, -0.2) is 20.7 Å². The van der Waals surface area contributed by atoms with Crippen molar-refractivity contribution in [3.63, 3.8) is 0 Å². The quantitative estimate of drug-likeness (QED) is 0.790. The number of fused-ring (bicyclic) bond motifs is 1. The lowest BCUT2D eigenvalue weighted by atomic mass is 10.1. The fraction of sp³-hybridized carbons (Fsp3) is 0.500. The summed E-state index contributed by atoms with van der Waals surface area (Å²) < 4.78 is 3.53. The molecule has 0 aromatic carbocycles. The molecule has 1 fully saturated rings. The van der Waals surface area contributed by atoms with Crippen LogP contribution in [0, 0.1) is 6.92 Å². The van der Waals surface area contributed by atoms with Crippen molar-refractivity contribution in [2.45, 2.75) is 25.8 Å². The molecule has 90 valence electrons. The maximum absolute atomic E-state index is 12.0. The molecule has 1 unspecified atom stereocenters. The highest BCUT2D eigenvalue weighted by atomic mass is 16.1. The van der Waals surface area contributed by atoms with Gasteiger partial charge in [-0.2, -0.15) is 9.61 Å². The van der Waals surface area contributed by atoms with Crippen molar-refractivity contribution in [3.05, 3.63) is 33.9 Å². The zero-order valence-electron chi connectivity index (χ0n) is 10.1. The fourth-order valence-electron chi connectivity index (χ4n) is 2.57. The smallest absolute Gasteiger partial charge is 0.274 e. The van der Waals surface area contributed by atoms with Gasteiger partial charge in [-0.25, -0.2) is 0 Å². The zero-order valence-corrected chi connectivity index (χ0v) is 10.1. The first-order valence-electron chi connectivity index (χ1n) is 5.96. The largest absolute Gasteiger partial charge is 0.331 e. The molecule has 5 nitrogen and oxygen atoms in total. The monoisotopic (exact) mass is 232 g/mol. The van der Waals surface area contributed by atoms with Crippen molar-refractivity contribution >= 4 is 5.65 Å². The van der Waals surface area contributed by atoms with E-state index in [9.17, 15) is 4.79 Å². The second-order valence-corrected chi connectivity index (χ2v) is 4.67. The molecule has 0 spiro atoms. The molecular weight excluding hydrogens is 216 g/mol. The molecule has 0 amide bonds. The van der Waals surface area contributed by atoms with Gasteiger partial charge in [0, 0.05) is 30.9 Å². The zero-order chi connectivity index (χ0) is 12.0. The maximum Gasteiger partial charge on any atom is 0.274 e. The molecule has 1 aliphatic rings. The normalized spacial score (nSPS) is 20.2. The van der Waals surface area contributed by atoms with Crippen LogP contribution in [0.25, 0.3) is 5.65 Å². The summed E-state index contributed by atoms with van der Waals surface area (Å²) in [5.74, 6) is 0. The Morgan fingerprint density at radius 3 is 3.00 bits per heavy atom. The van der Waals surface area contributed by atoms with Gasteiger partial charge in [0.15, 0.2) is 0 Å². The molecule has 1 saturated heterocycles. The Kier molecular flexibility index (Phi) is 2.29. The van der Waals surface area contributed by atoms with E-state index in [4.69, 9.17) is 0 Å². The predicted octanol–water partition coefficient (Wildman–Crippen LogP) is 0.766. The first-order chi connectivity index (χ1) is 8.16. The van der Waals surface area contributed by atoms with E-state index in [-0.39, 0.29) is 5.56 Å². The Labute approximate surface area is 99.1 Å². The van der Waals surface area contributed by atoms with Gasteiger partial charge in [-0.05, 0) is 26.3 Å². The van der Waals surface area contributed by atoms with Gasteiger partial charge in [0.05, 0.1) is 5.69 Å². The minimum absolute atomic E-state index is 0.0464.